The van der Waals surface area contributed by atoms with Gasteiger partial charge in [0.1, 0.15) is 10.6 Å². The van der Waals surface area contributed by atoms with Crippen LogP contribution in [0.25, 0.3) is 10.4 Å². The van der Waals surface area contributed by atoms with Gasteiger partial charge in [-0.15, -0.1) is 22.7 Å². The minimum Gasteiger partial charge on any atom is -0.462 e. The van der Waals surface area contributed by atoms with E-state index in [-0.39, 0.29) is 17.7 Å². The second-order valence-electron chi connectivity index (χ2n) is 5.52. The second-order valence-corrected chi connectivity index (χ2v) is 7.69. The number of amides is 1. The van der Waals surface area contributed by atoms with Crippen molar-refractivity contribution in [3.63, 3.8) is 0 Å². The number of aryl methyl sites for hydroxylation is 1. The molecule has 0 saturated heterocycles. The van der Waals surface area contributed by atoms with Crippen molar-refractivity contribution in [2.75, 3.05) is 11.9 Å². The Kier molecular flexibility index (Phi) is 5.67. The summed E-state index contributed by atoms with van der Waals surface area (Å²) >= 11 is 2.70. The van der Waals surface area contributed by atoms with Gasteiger partial charge in [-0.2, -0.15) is 0 Å². The molecule has 0 saturated carbocycles. The van der Waals surface area contributed by atoms with E-state index in [4.69, 9.17) is 4.74 Å². The number of nitrogens with one attached hydrogen (secondary N) is 1. The number of thiophene rings is 2. The molecule has 0 aliphatic rings. The highest BCUT2D eigenvalue weighted by Gasteiger charge is 2.26. The molecular weight excluding hydrogens is 392 g/mol. The number of rotatable bonds is 5. The van der Waals surface area contributed by atoms with Gasteiger partial charge in [-0.1, -0.05) is 6.07 Å². The molecule has 1 aromatic carbocycles. The molecule has 140 valence electrons. The number of carbonyl (C=O) groups excluding carboxylic acids is 2. The Bertz CT molecular complexity index is 997. The maximum absolute atomic E-state index is 13.4. The maximum atomic E-state index is 13.4. The average molecular weight is 407 g/mol. The number of benzene rings is 1. The number of ether oxygens (including phenoxy) is 1. The molecule has 27 heavy (non-hydrogen) atoms. The van der Waals surface area contributed by atoms with Crippen LogP contribution >= 0.6 is 22.7 Å². The highest BCUT2D eigenvalue weighted by molar-refractivity contribution is 7.18. The normalized spacial score (nSPS) is 10.7. The maximum Gasteiger partial charge on any atom is 0.341 e. The smallest absolute Gasteiger partial charge is 0.341 e. The van der Waals surface area contributed by atoms with Gasteiger partial charge >= 0.3 is 5.97 Å². The molecule has 0 aliphatic carbocycles. The van der Waals surface area contributed by atoms with E-state index in [1.807, 2.05) is 24.4 Å². The van der Waals surface area contributed by atoms with Crippen LogP contribution in [0, 0.1) is 18.6 Å². The third-order valence-electron chi connectivity index (χ3n) is 3.74. The molecule has 0 bridgehead atoms. The lowest BCUT2D eigenvalue weighted by Gasteiger charge is -2.08. The van der Waals surface area contributed by atoms with Gasteiger partial charge in [-0.25, -0.2) is 13.6 Å². The Labute approximate surface area is 162 Å². The van der Waals surface area contributed by atoms with Crippen molar-refractivity contribution in [3.8, 4) is 10.4 Å². The molecule has 3 rings (SSSR count). The summed E-state index contributed by atoms with van der Waals surface area (Å²) in [5, 5.41) is 4.83. The lowest BCUT2D eigenvalue weighted by molar-refractivity contribution is 0.0529. The van der Waals surface area contributed by atoms with Crippen molar-refractivity contribution in [1.82, 2.24) is 0 Å². The summed E-state index contributed by atoms with van der Waals surface area (Å²) in [5.74, 6) is -3.34. The molecule has 3 aromatic rings. The summed E-state index contributed by atoms with van der Waals surface area (Å²) in [4.78, 5) is 26.7. The third-order valence-corrected chi connectivity index (χ3v) is 5.65. The monoisotopic (exact) mass is 407 g/mol. The first-order valence-corrected chi connectivity index (χ1v) is 9.72. The minimum absolute atomic E-state index is 0.0487. The van der Waals surface area contributed by atoms with Gasteiger partial charge in [-0.05, 0) is 43.5 Å². The molecule has 0 aliphatic heterocycles. The lowest BCUT2D eigenvalue weighted by atomic mass is 10.1. The van der Waals surface area contributed by atoms with Gasteiger partial charge in [-0.3, -0.25) is 4.79 Å². The molecule has 1 N–H and O–H groups in total. The van der Waals surface area contributed by atoms with Gasteiger partial charge < -0.3 is 10.1 Å². The number of hydrogen-bond donors (Lipinski definition) is 1. The molecule has 0 spiro atoms. The predicted octanol–water partition coefficient (Wildman–Crippen LogP) is 5.49. The van der Waals surface area contributed by atoms with E-state index in [0.717, 1.165) is 21.9 Å². The zero-order valence-electron chi connectivity index (χ0n) is 14.5. The van der Waals surface area contributed by atoms with Gasteiger partial charge in [0, 0.05) is 20.9 Å². The van der Waals surface area contributed by atoms with Crippen LogP contribution in [-0.4, -0.2) is 18.5 Å². The van der Waals surface area contributed by atoms with E-state index in [1.165, 1.54) is 28.7 Å². The fraction of sp³-hybridized carbons (Fsp3) is 0.158. The molecule has 0 radical (unpaired) electrons. The first kappa shape index (κ1) is 19.2. The summed E-state index contributed by atoms with van der Waals surface area (Å²) in [6.45, 7) is 3.73. The van der Waals surface area contributed by atoms with Crippen LogP contribution in [-0.2, 0) is 4.74 Å². The van der Waals surface area contributed by atoms with E-state index in [1.54, 1.807) is 6.92 Å². The van der Waals surface area contributed by atoms with Crippen LogP contribution in [0.5, 0.6) is 0 Å². The first-order valence-electron chi connectivity index (χ1n) is 8.03. The Morgan fingerprint density at radius 2 is 1.96 bits per heavy atom. The van der Waals surface area contributed by atoms with E-state index in [2.05, 4.69) is 5.32 Å². The van der Waals surface area contributed by atoms with Crippen LogP contribution in [0.2, 0.25) is 0 Å². The number of carbonyl (C=O) groups is 2. The number of esters is 1. The largest absolute Gasteiger partial charge is 0.462 e. The van der Waals surface area contributed by atoms with Gasteiger partial charge in [0.15, 0.2) is 11.6 Å². The molecule has 0 atom stereocenters. The minimum atomic E-state index is -1.12. The molecule has 2 heterocycles. The number of halogens is 2. The van der Waals surface area contributed by atoms with Crippen molar-refractivity contribution in [1.29, 1.82) is 0 Å². The molecular formula is C19H15F2NO3S2. The Morgan fingerprint density at radius 3 is 2.59 bits per heavy atom. The summed E-state index contributed by atoms with van der Waals surface area (Å²) < 4.78 is 31.7. The fourth-order valence-electron chi connectivity index (χ4n) is 2.56. The Balaban J connectivity index is 2.02. The SMILES string of the molecule is CCOC(=O)c1c(NC(=O)c2ccc(F)c(F)c2)sc(C)c1-c1cccs1. The summed E-state index contributed by atoms with van der Waals surface area (Å²) in [6, 6.07) is 6.62. The van der Waals surface area contributed by atoms with Crippen molar-refractivity contribution in [2.45, 2.75) is 13.8 Å². The van der Waals surface area contributed by atoms with E-state index < -0.39 is 23.5 Å². The van der Waals surface area contributed by atoms with E-state index >= 15 is 0 Å². The quantitative estimate of drug-likeness (QED) is 0.569. The lowest BCUT2D eigenvalue weighted by Crippen LogP contribution is -2.15. The van der Waals surface area contributed by atoms with Crippen molar-refractivity contribution < 1.29 is 23.1 Å². The zero-order chi connectivity index (χ0) is 19.6. The van der Waals surface area contributed by atoms with Crippen LogP contribution in [0.3, 0.4) is 0 Å². The topological polar surface area (TPSA) is 55.4 Å². The molecule has 2 aromatic heterocycles. The van der Waals surface area contributed by atoms with Gasteiger partial charge in [0.2, 0.25) is 0 Å². The van der Waals surface area contributed by atoms with Crippen molar-refractivity contribution in [3.05, 3.63) is 63.4 Å². The molecule has 0 unspecified atom stereocenters. The van der Waals surface area contributed by atoms with E-state index in [0.29, 0.717) is 10.6 Å². The second kappa shape index (κ2) is 7.98. The van der Waals surface area contributed by atoms with Crippen LogP contribution < -0.4 is 5.32 Å². The number of hydrogen-bond acceptors (Lipinski definition) is 5. The summed E-state index contributed by atoms with van der Waals surface area (Å²) in [7, 11) is 0. The molecule has 8 heteroatoms. The summed E-state index contributed by atoms with van der Waals surface area (Å²) in [6.07, 6.45) is 0. The highest BCUT2D eigenvalue weighted by atomic mass is 32.1. The standard InChI is InChI=1S/C19H15F2NO3S2/c1-3-25-19(24)16-15(14-5-4-8-26-14)10(2)27-18(16)22-17(23)11-6-7-12(20)13(21)9-11/h4-9H,3H2,1-2H3,(H,22,23). The molecule has 4 nitrogen and oxygen atoms in total. The third kappa shape index (κ3) is 3.91. The predicted molar refractivity (Wildman–Crippen MR) is 103 cm³/mol. The van der Waals surface area contributed by atoms with Gasteiger partial charge in [0.05, 0.1) is 6.61 Å². The van der Waals surface area contributed by atoms with Crippen molar-refractivity contribution >= 4 is 39.6 Å². The Morgan fingerprint density at radius 1 is 1.19 bits per heavy atom. The first-order chi connectivity index (χ1) is 12.9. The zero-order valence-corrected chi connectivity index (χ0v) is 16.1. The molecule has 1 amide bonds. The fourth-order valence-corrected chi connectivity index (χ4v) is 4.51. The van der Waals surface area contributed by atoms with Crippen molar-refractivity contribution in [2.24, 2.45) is 0 Å². The summed E-state index contributed by atoms with van der Waals surface area (Å²) in [5.41, 5.74) is 0.916. The van der Waals surface area contributed by atoms with Crippen LogP contribution in [0.15, 0.2) is 35.7 Å². The Hall–Kier alpha value is -2.58. The highest BCUT2D eigenvalue weighted by Crippen LogP contribution is 2.42. The van der Waals surface area contributed by atoms with E-state index in [9.17, 15) is 18.4 Å². The number of anilines is 1. The van der Waals surface area contributed by atoms with Gasteiger partial charge in [0.25, 0.3) is 5.91 Å². The molecule has 0 fully saturated rings. The van der Waals surface area contributed by atoms with Crippen LogP contribution in [0.1, 0.15) is 32.5 Å². The average Bonchev–Trinajstić information content (AvgIpc) is 3.25. The van der Waals surface area contributed by atoms with Crippen LogP contribution in [0.4, 0.5) is 13.8 Å².